The lowest BCUT2D eigenvalue weighted by atomic mass is 10.2. The lowest BCUT2D eigenvalue weighted by Crippen LogP contribution is -2.23. The second-order valence-electron chi connectivity index (χ2n) is 6.09. The molecule has 0 saturated heterocycles. The van der Waals surface area contributed by atoms with Gasteiger partial charge in [-0.05, 0) is 51.0 Å². The molecule has 2 heterocycles. The Morgan fingerprint density at radius 3 is 1.46 bits per heavy atom. The SMILES string of the molecule is Cc1cn(C(=O)Nc2ccccc2NC(=O)n2cc(C)c(C)n2)nc1C. The molecule has 0 bridgehead atoms. The number of anilines is 2. The van der Waals surface area contributed by atoms with Crippen LogP contribution in [0.25, 0.3) is 0 Å². The molecular formula is C18H20N6O2. The summed E-state index contributed by atoms with van der Waals surface area (Å²) in [6.45, 7) is 7.44. The molecule has 8 heteroatoms. The zero-order valence-electron chi connectivity index (χ0n) is 15.1. The van der Waals surface area contributed by atoms with Gasteiger partial charge in [0, 0.05) is 12.4 Å². The second-order valence-corrected chi connectivity index (χ2v) is 6.09. The Balaban J connectivity index is 1.79. The number of carbonyl (C=O) groups excluding carboxylic acids is 2. The Morgan fingerprint density at radius 2 is 1.15 bits per heavy atom. The quantitative estimate of drug-likeness (QED) is 0.738. The highest BCUT2D eigenvalue weighted by Crippen LogP contribution is 2.21. The fraction of sp³-hybridized carbons (Fsp3) is 0.222. The lowest BCUT2D eigenvalue weighted by Gasteiger charge is -2.12. The smallest absolute Gasteiger partial charge is 0.304 e. The largest absolute Gasteiger partial charge is 0.346 e. The molecule has 134 valence electrons. The number of para-hydroxylation sites is 2. The molecule has 0 aliphatic carbocycles. The Morgan fingerprint density at radius 1 is 0.769 bits per heavy atom. The van der Waals surface area contributed by atoms with Crippen molar-refractivity contribution < 1.29 is 9.59 Å². The molecule has 3 rings (SSSR count). The Labute approximate surface area is 150 Å². The van der Waals surface area contributed by atoms with E-state index in [1.165, 1.54) is 9.36 Å². The van der Waals surface area contributed by atoms with E-state index in [-0.39, 0.29) is 0 Å². The number of amides is 2. The third-order valence-electron chi connectivity index (χ3n) is 4.12. The van der Waals surface area contributed by atoms with Gasteiger partial charge in [0.2, 0.25) is 0 Å². The summed E-state index contributed by atoms with van der Waals surface area (Å²) in [6.07, 6.45) is 3.31. The zero-order valence-corrected chi connectivity index (χ0v) is 15.1. The topological polar surface area (TPSA) is 93.8 Å². The molecule has 0 unspecified atom stereocenters. The standard InChI is InChI=1S/C18H20N6O2/c1-11-9-23(21-13(11)3)17(25)19-15-7-5-6-8-16(15)20-18(26)24-10-12(2)14(4)22-24/h5-10H,1-4H3,(H,19,25)(H,20,26). The van der Waals surface area contributed by atoms with Crippen LogP contribution in [0, 0.1) is 27.7 Å². The molecule has 26 heavy (non-hydrogen) atoms. The molecular weight excluding hydrogens is 332 g/mol. The van der Waals surface area contributed by atoms with Crippen LogP contribution in [0.4, 0.5) is 21.0 Å². The molecule has 1 aromatic carbocycles. The van der Waals surface area contributed by atoms with Crippen molar-refractivity contribution in [2.24, 2.45) is 0 Å². The summed E-state index contributed by atoms with van der Waals surface area (Å²) in [5, 5.41) is 13.8. The highest BCUT2D eigenvalue weighted by Gasteiger charge is 2.14. The number of hydrogen-bond donors (Lipinski definition) is 2. The van der Waals surface area contributed by atoms with Gasteiger partial charge in [0.05, 0.1) is 22.8 Å². The highest BCUT2D eigenvalue weighted by atomic mass is 16.2. The summed E-state index contributed by atoms with van der Waals surface area (Å²) < 4.78 is 2.48. The molecule has 0 fully saturated rings. The van der Waals surface area contributed by atoms with Crippen LogP contribution in [-0.2, 0) is 0 Å². The summed E-state index contributed by atoms with van der Waals surface area (Å²) in [6, 6.07) is 6.13. The fourth-order valence-corrected chi connectivity index (χ4v) is 2.35. The van der Waals surface area contributed by atoms with Crippen molar-refractivity contribution in [3.05, 3.63) is 59.2 Å². The average Bonchev–Trinajstić information content (AvgIpc) is 3.12. The monoisotopic (exact) mass is 352 g/mol. The van der Waals surface area contributed by atoms with E-state index in [9.17, 15) is 9.59 Å². The van der Waals surface area contributed by atoms with Gasteiger partial charge in [0.15, 0.2) is 0 Å². The molecule has 0 aliphatic heterocycles. The van der Waals surface area contributed by atoms with E-state index in [0.29, 0.717) is 11.4 Å². The van der Waals surface area contributed by atoms with Gasteiger partial charge >= 0.3 is 12.1 Å². The summed E-state index contributed by atoms with van der Waals surface area (Å²) in [5.74, 6) is 0. The third-order valence-corrected chi connectivity index (χ3v) is 4.12. The number of aromatic nitrogens is 4. The number of rotatable bonds is 2. The third kappa shape index (κ3) is 3.49. The van der Waals surface area contributed by atoms with Gasteiger partial charge in [-0.3, -0.25) is 0 Å². The predicted molar refractivity (Wildman–Crippen MR) is 98.7 cm³/mol. The van der Waals surface area contributed by atoms with Gasteiger partial charge in [-0.15, -0.1) is 0 Å². The molecule has 0 spiro atoms. The van der Waals surface area contributed by atoms with E-state index in [1.54, 1.807) is 36.7 Å². The first-order valence-electron chi connectivity index (χ1n) is 8.12. The summed E-state index contributed by atoms with van der Waals surface area (Å²) in [4.78, 5) is 24.8. The van der Waals surface area contributed by atoms with Crippen LogP contribution < -0.4 is 10.6 Å². The Hall–Kier alpha value is -3.42. The van der Waals surface area contributed by atoms with Gasteiger partial charge in [-0.1, -0.05) is 12.1 Å². The van der Waals surface area contributed by atoms with E-state index in [0.717, 1.165) is 22.5 Å². The van der Waals surface area contributed by atoms with Crippen molar-refractivity contribution in [1.29, 1.82) is 0 Å². The van der Waals surface area contributed by atoms with Crippen LogP contribution >= 0.6 is 0 Å². The van der Waals surface area contributed by atoms with Gasteiger partial charge in [0.1, 0.15) is 0 Å². The summed E-state index contributed by atoms with van der Waals surface area (Å²) in [5.41, 5.74) is 4.35. The summed E-state index contributed by atoms with van der Waals surface area (Å²) >= 11 is 0. The predicted octanol–water partition coefficient (Wildman–Crippen LogP) is 3.47. The average molecular weight is 352 g/mol. The maximum absolute atomic E-state index is 12.4. The molecule has 0 saturated carbocycles. The van der Waals surface area contributed by atoms with Crippen molar-refractivity contribution in [3.63, 3.8) is 0 Å². The molecule has 8 nitrogen and oxygen atoms in total. The van der Waals surface area contributed by atoms with Gasteiger partial charge in [-0.25, -0.2) is 9.59 Å². The lowest BCUT2D eigenvalue weighted by molar-refractivity contribution is 0.249. The van der Waals surface area contributed by atoms with E-state index < -0.39 is 12.1 Å². The first-order chi connectivity index (χ1) is 12.3. The van der Waals surface area contributed by atoms with E-state index >= 15 is 0 Å². The van der Waals surface area contributed by atoms with Crippen molar-refractivity contribution in [2.75, 3.05) is 10.6 Å². The van der Waals surface area contributed by atoms with Crippen LogP contribution in [0.5, 0.6) is 0 Å². The van der Waals surface area contributed by atoms with Crippen LogP contribution in [-0.4, -0.2) is 31.6 Å². The normalized spacial score (nSPS) is 10.6. The Bertz CT molecular complexity index is 867. The first kappa shape index (κ1) is 17.4. The van der Waals surface area contributed by atoms with Crippen LogP contribution in [0.2, 0.25) is 0 Å². The highest BCUT2D eigenvalue weighted by molar-refractivity contribution is 5.99. The minimum Gasteiger partial charge on any atom is -0.304 e. The van der Waals surface area contributed by atoms with Crippen molar-refractivity contribution in [2.45, 2.75) is 27.7 Å². The number of benzene rings is 1. The molecule has 0 aliphatic rings. The number of carbonyl (C=O) groups is 2. The zero-order chi connectivity index (χ0) is 18.8. The van der Waals surface area contributed by atoms with Gasteiger partial charge in [-0.2, -0.15) is 19.6 Å². The molecule has 2 N–H and O–H groups in total. The molecule has 3 aromatic rings. The van der Waals surface area contributed by atoms with Crippen molar-refractivity contribution >= 4 is 23.4 Å². The fourth-order valence-electron chi connectivity index (χ4n) is 2.35. The second kappa shape index (κ2) is 6.83. The van der Waals surface area contributed by atoms with Crippen LogP contribution in [0.1, 0.15) is 22.5 Å². The molecule has 2 aromatic heterocycles. The maximum atomic E-state index is 12.4. The number of hydrogen-bond acceptors (Lipinski definition) is 4. The summed E-state index contributed by atoms with van der Waals surface area (Å²) in [7, 11) is 0. The number of nitrogens with zero attached hydrogens (tertiary/aromatic N) is 4. The first-order valence-corrected chi connectivity index (χ1v) is 8.12. The molecule has 2 amide bonds. The Kier molecular flexibility index (Phi) is 4.57. The van der Waals surface area contributed by atoms with Crippen molar-refractivity contribution in [3.8, 4) is 0 Å². The number of aryl methyl sites for hydroxylation is 4. The van der Waals surface area contributed by atoms with Crippen LogP contribution in [0.15, 0.2) is 36.7 Å². The van der Waals surface area contributed by atoms with Gasteiger partial charge in [0.25, 0.3) is 0 Å². The molecule has 0 radical (unpaired) electrons. The minimum absolute atomic E-state index is 0.409. The number of nitrogens with one attached hydrogen (secondary N) is 2. The van der Waals surface area contributed by atoms with Gasteiger partial charge < -0.3 is 10.6 Å². The maximum Gasteiger partial charge on any atom is 0.346 e. The van der Waals surface area contributed by atoms with E-state index in [1.807, 2.05) is 27.7 Å². The molecule has 0 atom stereocenters. The van der Waals surface area contributed by atoms with E-state index in [2.05, 4.69) is 20.8 Å². The van der Waals surface area contributed by atoms with Crippen molar-refractivity contribution in [1.82, 2.24) is 19.6 Å². The van der Waals surface area contributed by atoms with E-state index in [4.69, 9.17) is 0 Å². The minimum atomic E-state index is -0.409. The van der Waals surface area contributed by atoms with Crippen LogP contribution in [0.3, 0.4) is 0 Å².